The molecule has 1 saturated heterocycles. The van der Waals surface area contributed by atoms with Crippen molar-refractivity contribution in [1.29, 1.82) is 0 Å². The van der Waals surface area contributed by atoms with Crippen molar-refractivity contribution < 1.29 is 14.3 Å². The number of amides is 1. The second-order valence-electron chi connectivity index (χ2n) is 7.92. The molecule has 4 rings (SSSR count). The van der Waals surface area contributed by atoms with Gasteiger partial charge in [0.1, 0.15) is 17.3 Å². The van der Waals surface area contributed by atoms with Gasteiger partial charge in [-0.3, -0.25) is 9.48 Å². The zero-order valence-corrected chi connectivity index (χ0v) is 20.2. The lowest BCUT2D eigenvalue weighted by atomic mass is 10.1. The number of rotatable bonds is 8. The molecular formula is C23H28ClN7O3. The average Bonchev–Trinajstić information content (AvgIpc) is 3.23. The van der Waals surface area contributed by atoms with Gasteiger partial charge < -0.3 is 24.6 Å². The van der Waals surface area contributed by atoms with Gasteiger partial charge in [0, 0.05) is 63.6 Å². The summed E-state index contributed by atoms with van der Waals surface area (Å²) in [6, 6.07) is 10.9. The van der Waals surface area contributed by atoms with Gasteiger partial charge in [-0.1, -0.05) is 23.7 Å². The molecule has 1 aromatic carbocycles. The Labute approximate surface area is 203 Å². The van der Waals surface area contributed by atoms with Crippen LogP contribution in [0.15, 0.2) is 36.4 Å². The van der Waals surface area contributed by atoms with Gasteiger partial charge in [-0.2, -0.15) is 10.1 Å². The van der Waals surface area contributed by atoms with E-state index in [2.05, 4.69) is 20.4 Å². The van der Waals surface area contributed by atoms with E-state index >= 15 is 0 Å². The Bertz CT molecular complexity index is 1130. The maximum Gasteiger partial charge on any atom is 0.275 e. The highest BCUT2D eigenvalue weighted by Gasteiger charge is 2.20. The number of halogens is 1. The molecule has 3 heterocycles. The molecule has 0 saturated carbocycles. The smallest absolute Gasteiger partial charge is 0.275 e. The number of nitrogens with zero attached hydrogens (tertiary/aromatic N) is 6. The number of carbonyl (C=O) groups excluding carboxylic acids is 1. The second-order valence-corrected chi connectivity index (χ2v) is 8.36. The van der Waals surface area contributed by atoms with E-state index in [0.717, 1.165) is 11.3 Å². The summed E-state index contributed by atoms with van der Waals surface area (Å²) in [7, 11) is 5.34. The third kappa shape index (κ3) is 5.64. The first-order valence-electron chi connectivity index (χ1n) is 11.0. The van der Waals surface area contributed by atoms with Crippen LogP contribution in [0.4, 0.5) is 17.6 Å². The number of aryl methyl sites for hydroxylation is 1. The van der Waals surface area contributed by atoms with E-state index in [-0.39, 0.29) is 11.6 Å². The Hall–Kier alpha value is -3.21. The Morgan fingerprint density at radius 2 is 1.94 bits per heavy atom. The Morgan fingerprint density at radius 3 is 2.65 bits per heavy atom. The Kier molecular flexibility index (Phi) is 7.61. The molecular weight excluding hydrogens is 458 g/mol. The standard InChI is InChI=1S/C23H28ClN7O3/c1-29(8-11-33-3)20-15-19(25-23(27-20)31-9-12-34-13-10-31)22(32)26-21-14-18(28-30(21)2)16-4-6-17(24)7-5-16/h4-7,14-15H,8-13H2,1-3H3,(H,26,32). The Morgan fingerprint density at radius 1 is 1.21 bits per heavy atom. The summed E-state index contributed by atoms with van der Waals surface area (Å²) in [5.74, 6) is 1.35. The fourth-order valence-corrected chi connectivity index (χ4v) is 3.63. The molecule has 34 heavy (non-hydrogen) atoms. The molecule has 1 aliphatic rings. The number of hydrogen-bond donors (Lipinski definition) is 1. The molecule has 1 fully saturated rings. The molecule has 180 valence electrons. The predicted molar refractivity (Wildman–Crippen MR) is 132 cm³/mol. The number of carbonyl (C=O) groups is 1. The van der Waals surface area contributed by atoms with Gasteiger partial charge in [-0.05, 0) is 12.1 Å². The molecule has 1 N–H and O–H groups in total. The van der Waals surface area contributed by atoms with Crippen LogP contribution in [0.1, 0.15) is 10.5 Å². The second kappa shape index (κ2) is 10.8. The topological polar surface area (TPSA) is 97.6 Å². The molecule has 10 nitrogen and oxygen atoms in total. The normalized spacial score (nSPS) is 13.7. The quantitative estimate of drug-likeness (QED) is 0.520. The fraction of sp³-hybridized carbons (Fsp3) is 0.391. The first-order chi connectivity index (χ1) is 16.4. The van der Waals surface area contributed by atoms with Crippen molar-refractivity contribution in [3.8, 4) is 11.3 Å². The lowest BCUT2D eigenvalue weighted by Crippen LogP contribution is -2.38. The van der Waals surface area contributed by atoms with Crippen LogP contribution in [0.25, 0.3) is 11.3 Å². The number of ether oxygens (including phenoxy) is 2. The fourth-order valence-electron chi connectivity index (χ4n) is 3.51. The van der Waals surface area contributed by atoms with Crippen LogP contribution in [-0.4, -0.2) is 79.3 Å². The van der Waals surface area contributed by atoms with E-state index in [4.69, 9.17) is 21.1 Å². The van der Waals surface area contributed by atoms with Crippen LogP contribution in [0, 0.1) is 0 Å². The summed E-state index contributed by atoms with van der Waals surface area (Å²) < 4.78 is 12.3. The van der Waals surface area contributed by atoms with Gasteiger partial charge in [0.2, 0.25) is 5.95 Å². The molecule has 0 aliphatic carbocycles. The highest BCUT2D eigenvalue weighted by atomic mass is 35.5. The van der Waals surface area contributed by atoms with E-state index in [1.165, 1.54) is 0 Å². The van der Waals surface area contributed by atoms with Crippen molar-refractivity contribution >= 4 is 35.1 Å². The van der Waals surface area contributed by atoms with Crippen LogP contribution in [0.2, 0.25) is 5.02 Å². The minimum atomic E-state index is -0.344. The summed E-state index contributed by atoms with van der Waals surface area (Å²) >= 11 is 5.99. The molecule has 1 amide bonds. The minimum absolute atomic E-state index is 0.269. The molecule has 0 radical (unpaired) electrons. The van der Waals surface area contributed by atoms with E-state index in [1.807, 2.05) is 35.0 Å². The number of hydrogen-bond acceptors (Lipinski definition) is 8. The number of methoxy groups -OCH3 is 1. The summed E-state index contributed by atoms with van der Waals surface area (Å²) in [6.07, 6.45) is 0. The number of benzene rings is 1. The van der Waals surface area contributed by atoms with Gasteiger partial charge >= 0.3 is 0 Å². The summed E-state index contributed by atoms with van der Waals surface area (Å²) in [6.45, 7) is 3.69. The lowest BCUT2D eigenvalue weighted by Gasteiger charge is -2.28. The van der Waals surface area contributed by atoms with E-state index < -0.39 is 0 Å². The van der Waals surface area contributed by atoms with E-state index in [0.29, 0.717) is 62.1 Å². The van der Waals surface area contributed by atoms with E-state index in [9.17, 15) is 4.79 Å². The number of morpholine rings is 1. The highest BCUT2D eigenvalue weighted by molar-refractivity contribution is 6.30. The van der Waals surface area contributed by atoms with E-state index in [1.54, 1.807) is 37.0 Å². The van der Waals surface area contributed by atoms with Crippen LogP contribution in [-0.2, 0) is 16.5 Å². The van der Waals surface area contributed by atoms with Crippen molar-refractivity contribution in [2.24, 2.45) is 7.05 Å². The van der Waals surface area contributed by atoms with Crippen LogP contribution in [0.3, 0.4) is 0 Å². The zero-order chi connectivity index (χ0) is 24.1. The van der Waals surface area contributed by atoms with Crippen molar-refractivity contribution in [2.75, 3.05) is 68.7 Å². The van der Waals surface area contributed by atoms with Gasteiger partial charge in [0.15, 0.2) is 0 Å². The highest BCUT2D eigenvalue weighted by Crippen LogP contribution is 2.24. The monoisotopic (exact) mass is 485 g/mol. The predicted octanol–water partition coefficient (Wildman–Crippen LogP) is 2.70. The van der Waals surface area contributed by atoms with Gasteiger partial charge in [-0.15, -0.1) is 0 Å². The molecule has 0 bridgehead atoms. The summed E-state index contributed by atoms with van der Waals surface area (Å²) in [5.41, 5.74) is 1.90. The Balaban J connectivity index is 1.59. The van der Waals surface area contributed by atoms with Gasteiger partial charge in [0.25, 0.3) is 5.91 Å². The molecule has 0 atom stereocenters. The van der Waals surface area contributed by atoms with Crippen LogP contribution < -0.4 is 15.1 Å². The molecule has 3 aromatic rings. The lowest BCUT2D eigenvalue weighted by molar-refractivity contribution is 0.102. The first-order valence-corrected chi connectivity index (χ1v) is 11.4. The van der Waals surface area contributed by atoms with Gasteiger partial charge in [0.05, 0.1) is 25.5 Å². The van der Waals surface area contributed by atoms with Crippen molar-refractivity contribution in [1.82, 2.24) is 19.7 Å². The molecule has 0 spiro atoms. The minimum Gasteiger partial charge on any atom is -0.383 e. The maximum absolute atomic E-state index is 13.2. The number of anilines is 3. The number of likely N-dealkylation sites (N-methyl/N-ethyl adjacent to an activating group) is 1. The molecule has 0 unspecified atom stereocenters. The van der Waals surface area contributed by atoms with Crippen LogP contribution >= 0.6 is 11.6 Å². The van der Waals surface area contributed by atoms with Crippen molar-refractivity contribution in [3.05, 3.63) is 47.1 Å². The zero-order valence-electron chi connectivity index (χ0n) is 19.5. The maximum atomic E-state index is 13.2. The number of aromatic nitrogens is 4. The van der Waals surface area contributed by atoms with Crippen LogP contribution in [0.5, 0.6) is 0 Å². The molecule has 11 heteroatoms. The third-order valence-corrected chi connectivity index (χ3v) is 5.76. The van der Waals surface area contributed by atoms with Crippen molar-refractivity contribution in [3.63, 3.8) is 0 Å². The summed E-state index contributed by atoms with van der Waals surface area (Å²) in [5, 5.41) is 8.09. The summed E-state index contributed by atoms with van der Waals surface area (Å²) in [4.78, 5) is 26.5. The average molecular weight is 486 g/mol. The largest absolute Gasteiger partial charge is 0.383 e. The third-order valence-electron chi connectivity index (χ3n) is 5.51. The van der Waals surface area contributed by atoms with Gasteiger partial charge in [-0.25, -0.2) is 4.98 Å². The number of nitrogens with one attached hydrogen (secondary N) is 1. The van der Waals surface area contributed by atoms with Crippen molar-refractivity contribution in [2.45, 2.75) is 0 Å². The molecule has 2 aromatic heterocycles. The first kappa shape index (κ1) is 23.9. The molecule has 1 aliphatic heterocycles. The SMILES string of the molecule is COCCN(C)c1cc(C(=O)Nc2cc(-c3ccc(Cl)cc3)nn2C)nc(N2CCOCC2)n1.